The highest BCUT2D eigenvalue weighted by molar-refractivity contribution is 5.78. The third-order valence-corrected chi connectivity index (χ3v) is 6.21. The van der Waals surface area contributed by atoms with Gasteiger partial charge in [0.2, 0.25) is 0 Å². The number of pyridine rings is 1. The van der Waals surface area contributed by atoms with Crippen LogP contribution in [0.3, 0.4) is 0 Å². The molecule has 0 radical (unpaired) electrons. The molecule has 1 unspecified atom stereocenters. The average Bonchev–Trinajstić information content (AvgIpc) is 3.61. The number of carbonyl (C=O) groups is 2. The average molecular weight is 455 g/mol. The summed E-state index contributed by atoms with van der Waals surface area (Å²) in [5.74, 6) is 0.493. The Labute approximate surface area is 193 Å². The summed E-state index contributed by atoms with van der Waals surface area (Å²) in [6, 6.07) is 3.61. The van der Waals surface area contributed by atoms with Crippen LogP contribution in [0.25, 0.3) is 0 Å². The van der Waals surface area contributed by atoms with Crippen molar-refractivity contribution in [2.24, 2.45) is 0 Å². The molecule has 2 aromatic rings. The third kappa shape index (κ3) is 5.32. The Morgan fingerprint density at radius 2 is 2.03 bits per heavy atom. The van der Waals surface area contributed by atoms with Crippen LogP contribution in [0.4, 0.5) is 10.6 Å². The highest BCUT2D eigenvalue weighted by Gasteiger charge is 2.36. The van der Waals surface area contributed by atoms with Gasteiger partial charge in [-0.1, -0.05) is 6.07 Å². The van der Waals surface area contributed by atoms with E-state index in [1.807, 2.05) is 13.1 Å². The Hall–Kier alpha value is -3.43. The van der Waals surface area contributed by atoms with Crippen LogP contribution in [0.1, 0.15) is 54.5 Å². The molecule has 10 nitrogen and oxygen atoms in total. The number of nitrogens with zero attached hydrogens (tertiary/aromatic N) is 5. The van der Waals surface area contributed by atoms with Crippen LogP contribution in [0, 0.1) is 0 Å². The normalized spacial score (nSPS) is 16.7. The van der Waals surface area contributed by atoms with Gasteiger partial charge in [0.05, 0.1) is 19.6 Å². The standard InChI is InChI=1S/C23H30N6O4/c1-24-20-8-7-17(15-5-6-15)18(27-20)4-3-9-28-10-11-29(23(28)32)19(12-21(30)31)16-13-25-22(33-2)26-14-16/h7-8,13-15,19H,3-6,9-12H2,1-2H3,(H,24,27)(H,30,31). The molecule has 2 amide bonds. The number of aryl methyl sites for hydroxylation is 1. The number of rotatable bonds is 11. The van der Waals surface area contributed by atoms with Gasteiger partial charge in [-0.3, -0.25) is 4.79 Å². The van der Waals surface area contributed by atoms with Crippen molar-refractivity contribution in [2.45, 2.75) is 44.1 Å². The summed E-state index contributed by atoms with van der Waals surface area (Å²) in [5.41, 5.74) is 3.01. The number of amides is 2. The van der Waals surface area contributed by atoms with E-state index in [1.54, 1.807) is 9.80 Å². The zero-order chi connectivity index (χ0) is 23.4. The van der Waals surface area contributed by atoms with Crippen molar-refractivity contribution < 1.29 is 19.4 Å². The summed E-state index contributed by atoms with van der Waals surface area (Å²) in [6.07, 6.45) is 6.87. The maximum atomic E-state index is 13.1. The Balaban J connectivity index is 1.40. The first kappa shape index (κ1) is 22.8. The quantitative estimate of drug-likeness (QED) is 0.532. The van der Waals surface area contributed by atoms with E-state index < -0.39 is 12.0 Å². The molecule has 0 bridgehead atoms. The van der Waals surface area contributed by atoms with E-state index in [2.05, 4.69) is 21.4 Å². The predicted octanol–water partition coefficient (Wildman–Crippen LogP) is 2.69. The largest absolute Gasteiger partial charge is 0.481 e. The zero-order valence-electron chi connectivity index (χ0n) is 19.0. The van der Waals surface area contributed by atoms with Gasteiger partial charge in [-0.2, -0.15) is 0 Å². The molecule has 1 saturated carbocycles. The number of nitrogens with one attached hydrogen (secondary N) is 1. The third-order valence-electron chi connectivity index (χ3n) is 6.21. The number of aromatic nitrogens is 3. The van der Waals surface area contributed by atoms with E-state index in [4.69, 9.17) is 9.72 Å². The molecule has 4 rings (SSSR count). The van der Waals surface area contributed by atoms with E-state index in [0.29, 0.717) is 31.1 Å². The van der Waals surface area contributed by atoms with Crippen molar-refractivity contribution in [3.8, 4) is 6.01 Å². The molecular formula is C23H30N6O4. The maximum Gasteiger partial charge on any atom is 0.320 e. The van der Waals surface area contributed by atoms with Crippen LogP contribution < -0.4 is 10.1 Å². The summed E-state index contributed by atoms with van der Waals surface area (Å²) in [7, 11) is 3.32. The fraction of sp³-hybridized carbons (Fsp3) is 0.522. The molecule has 10 heteroatoms. The first-order chi connectivity index (χ1) is 16.0. The molecule has 1 atom stereocenters. The monoisotopic (exact) mass is 454 g/mol. The number of aliphatic carboxylic acids is 1. The molecule has 0 aromatic carbocycles. The predicted molar refractivity (Wildman–Crippen MR) is 121 cm³/mol. The van der Waals surface area contributed by atoms with E-state index in [-0.39, 0.29) is 18.5 Å². The van der Waals surface area contributed by atoms with Crippen LogP contribution in [0.2, 0.25) is 0 Å². The number of urea groups is 1. The first-order valence-electron chi connectivity index (χ1n) is 11.3. The van der Waals surface area contributed by atoms with Gasteiger partial charge in [0, 0.05) is 50.3 Å². The lowest BCUT2D eigenvalue weighted by Crippen LogP contribution is -2.36. The van der Waals surface area contributed by atoms with E-state index in [1.165, 1.54) is 37.9 Å². The van der Waals surface area contributed by atoms with Crippen molar-refractivity contribution >= 4 is 17.8 Å². The minimum Gasteiger partial charge on any atom is -0.481 e. The molecule has 1 aliphatic heterocycles. The second-order valence-electron chi connectivity index (χ2n) is 8.44. The van der Waals surface area contributed by atoms with Gasteiger partial charge in [0.1, 0.15) is 5.82 Å². The van der Waals surface area contributed by atoms with Crippen molar-refractivity contribution in [3.05, 3.63) is 41.3 Å². The molecule has 2 aromatic heterocycles. The van der Waals surface area contributed by atoms with Crippen molar-refractivity contribution in [3.63, 3.8) is 0 Å². The number of carbonyl (C=O) groups excluding carboxylic acids is 1. The topological polar surface area (TPSA) is 121 Å². The molecule has 2 N–H and O–H groups in total. The summed E-state index contributed by atoms with van der Waals surface area (Å²) in [5, 5.41) is 12.5. The fourth-order valence-electron chi connectivity index (χ4n) is 4.33. The molecule has 1 aliphatic carbocycles. The SMILES string of the molecule is CNc1ccc(C2CC2)c(CCCN2CCN(C(CC(=O)O)c3cnc(OC)nc3)C2=O)n1. The van der Waals surface area contributed by atoms with Crippen LogP contribution in [0.15, 0.2) is 24.5 Å². The lowest BCUT2D eigenvalue weighted by molar-refractivity contribution is -0.138. The molecular weight excluding hydrogens is 424 g/mol. The smallest absolute Gasteiger partial charge is 0.320 e. The summed E-state index contributed by atoms with van der Waals surface area (Å²) >= 11 is 0. The second kappa shape index (κ2) is 10.0. The summed E-state index contributed by atoms with van der Waals surface area (Å²) in [4.78, 5) is 40.9. The van der Waals surface area contributed by atoms with Gasteiger partial charge in [-0.15, -0.1) is 0 Å². The van der Waals surface area contributed by atoms with Crippen molar-refractivity contribution in [1.82, 2.24) is 24.8 Å². The van der Waals surface area contributed by atoms with Gasteiger partial charge in [0.15, 0.2) is 0 Å². The first-order valence-corrected chi connectivity index (χ1v) is 11.3. The molecule has 3 heterocycles. The number of carboxylic acids is 1. The molecule has 33 heavy (non-hydrogen) atoms. The number of carboxylic acid groups (broad SMARTS) is 1. The summed E-state index contributed by atoms with van der Waals surface area (Å²) in [6.45, 7) is 1.62. The van der Waals surface area contributed by atoms with Gasteiger partial charge in [0.25, 0.3) is 0 Å². The van der Waals surface area contributed by atoms with Crippen LogP contribution in [-0.2, 0) is 11.2 Å². The highest BCUT2D eigenvalue weighted by atomic mass is 16.5. The molecule has 2 aliphatic rings. The maximum absolute atomic E-state index is 13.1. The van der Waals surface area contributed by atoms with Gasteiger partial charge < -0.3 is 25.0 Å². The number of hydrogen-bond acceptors (Lipinski definition) is 7. The Kier molecular flexibility index (Phi) is 6.90. The van der Waals surface area contributed by atoms with Gasteiger partial charge in [-0.25, -0.2) is 19.7 Å². The Bertz CT molecular complexity index is 995. The Morgan fingerprint density at radius 3 is 2.67 bits per heavy atom. The molecule has 0 spiro atoms. The molecule has 2 fully saturated rings. The van der Waals surface area contributed by atoms with Gasteiger partial charge >= 0.3 is 18.0 Å². The van der Waals surface area contributed by atoms with E-state index in [9.17, 15) is 14.7 Å². The number of ether oxygens (including phenoxy) is 1. The van der Waals surface area contributed by atoms with Crippen molar-refractivity contribution in [1.29, 1.82) is 0 Å². The number of hydrogen-bond donors (Lipinski definition) is 2. The molecule has 176 valence electrons. The van der Waals surface area contributed by atoms with Crippen LogP contribution in [0.5, 0.6) is 6.01 Å². The van der Waals surface area contributed by atoms with E-state index in [0.717, 1.165) is 24.4 Å². The lowest BCUT2D eigenvalue weighted by Gasteiger charge is -2.27. The summed E-state index contributed by atoms with van der Waals surface area (Å²) < 4.78 is 4.98. The minimum atomic E-state index is -0.981. The highest BCUT2D eigenvalue weighted by Crippen LogP contribution is 2.41. The zero-order valence-corrected chi connectivity index (χ0v) is 19.0. The minimum absolute atomic E-state index is 0.156. The molecule has 1 saturated heterocycles. The van der Waals surface area contributed by atoms with Crippen LogP contribution in [-0.4, -0.2) is 75.7 Å². The van der Waals surface area contributed by atoms with Gasteiger partial charge in [-0.05, 0) is 43.2 Å². The second-order valence-corrected chi connectivity index (χ2v) is 8.44. The van der Waals surface area contributed by atoms with E-state index >= 15 is 0 Å². The number of methoxy groups -OCH3 is 1. The number of anilines is 1. The van der Waals surface area contributed by atoms with Crippen molar-refractivity contribution in [2.75, 3.05) is 39.1 Å². The fourth-order valence-corrected chi connectivity index (χ4v) is 4.33. The van der Waals surface area contributed by atoms with Crippen LogP contribution >= 0.6 is 0 Å². The lowest BCUT2D eigenvalue weighted by atomic mass is 10.0. The Morgan fingerprint density at radius 1 is 1.27 bits per heavy atom.